The Morgan fingerprint density at radius 3 is 2.27 bits per heavy atom. The van der Waals surface area contributed by atoms with Crippen molar-refractivity contribution in [2.24, 2.45) is 16.1 Å². The number of likely N-dealkylation sites (N-methyl/N-ethyl adjacent to an activating group) is 1. The lowest BCUT2D eigenvalue weighted by Crippen LogP contribution is -2.32. The molecule has 0 aliphatic heterocycles. The molecule has 3 N–H and O–H groups in total. The molecule has 0 radical (unpaired) electrons. The molecule has 8 nitrogen and oxygen atoms in total. The molecule has 41 heavy (non-hydrogen) atoms. The highest BCUT2D eigenvalue weighted by Crippen LogP contribution is 2.29. The van der Waals surface area contributed by atoms with Crippen molar-refractivity contribution in [1.82, 2.24) is 10.6 Å². The number of ether oxygens (including phenoxy) is 2. The lowest BCUT2D eigenvalue weighted by Gasteiger charge is -2.30. The SMILES string of the molecule is CNCCc1ccc(O)c(/N=N/c2ccc(C(=O)NCCCOC(C)(C)CCOC(C)(C)CCCC(C)C)cc2)c1. The van der Waals surface area contributed by atoms with Crippen LogP contribution in [0.3, 0.4) is 0 Å². The second-order valence-electron chi connectivity index (χ2n) is 12.3. The number of nitrogens with zero attached hydrogens (tertiary/aromatic N) is 2. The number of carbonyl (C=O) groups is 1. The van der Waals surface area contributed by atoms with Gasteiger partial charge in [0.1, 0.15) is 11.4 Å². The van der Waals surface area contributed by atoms with Crippen LogP contribution in [0.25, 0.3) is 0 Å². The number of benzene rings is 2. The van der Waals surface area contributed by atoms with E-state index in [4.69, 9.17) is 9.47 Å². The molecule has 0 bridgehead atoms. The Balaban J connectivity index is 1.70. The molecule has 0 spiro atoms. The Morgan fingerprint density at radius 2 is 1.59 bits per heavy atom. The summed E-state index contributed by atoms with van der Waals surface area (Å²) in [5.41, 5.74) is 2.23. The van der Waals surface area contributed by atoms with Crippen molar-refractivity contribution >= 4 is 17.3 Å². The van der Waals surface area contributed by atoms with E-state index in [2.05, 4.69) is 62.4 Å². The minimum atomic E-state index is -0.284. The van der Waals surface area contributed by atoms with Gasteiger partial charge in [0.05, 0.1) is 23.5 Å². The van der Waals surface area contributed by atoms with Crippen LogP contribution in [0.5, 0.6) is 5.75 Å². The Labute approximate surface area is 247 Å². The first-order valence-electron chi connectivity index (χ1n) is 15.0. The molecule has 0 aliphatic rings. The van der Waals surface area contributed by atoms with E-state index >= 15 is 0 Å². The second kappa shape index (κ2) is 17.2. The molecule has 0 heterocycles. The van der Waals surface area contributed by atoms with Gasteiger partial charge in [-0.1, -0.05) is 32.8 Å². The van der Waals surface area contributed by atoms with Crippen LogP contribution in [-0.4, -0.2) is 55.6 Å². The molecular weight excluding hydrogens is 516 g/mol. The quantitative estimate of drug-likeness (QED) is 0.120. The number of hydrogen-bond donors (Lipinski definition) is 3. The number of azo groups is 1. The molecule has 0 fully saturated rings. The topological polar surface area (TPSA) is 105 Å². The zero-order chi connectivity index (χ0) is 30.3. The molecular formula is C33H52N4O4. The molecule has 0 unspecified atom stereocenters. The van der Waals surface area contributed by atoms with Crippen molar-refractivity contribution in [3.05, 3.63) is 53.6 Å². The van der Waals surface area contributed by atoms with Crippen LogP contribution in [0.15, 0.2) is 52.7 Å². The van der Waals surface area contributed by atoms with Crippen LogP contribution in [0.4, 0.5) is 11.4 Å². The van der Waals surface area contributed by atoms with Crippen molar-refractivity contribution in [2.75, 3.05) is 33.4 Å². The van der Waals surface area contributed by atoms with Crippen molar-refractivity contribution in [1.29, 1.82) is 0 Å². The number of phenolic OH excluding ortho intramolecular Hbond substituents is 1. The minimum absolute atomic E-state index is 0.0788. The van der Waals surface area contributed by atoms with Crippen LogP contribution in [0.2, 0.25) is 0 Å². The molecule has 0 aromatic heterocycles. The second-order valence-corrected chi connectivity index (χ2v) is 12.3. The molecule has 0 aliphatic carbocycles. The third-order valence-corrected chi connectivity index (χ3v) is 6.96. The van der Waals surface area contributed by atoms with Crippen molar-refractivity contribution in [3.8, 4) is 5.75 Å². The van der Waals surface area contributed by atoms with Crippen LogP contribution < -0.4 is 10.6 Å². The first-order chi connectivity index (χ1) is 19.4. The summed E-state index contributed by atoms with van der Waals surface area (Å²) in [6.07, 6.45) is 5.85. The third kappa shape index (κ3) is 14.1. The molecule has 1 amide bonds. The van der Waals surface area contributed by atoms with E-state index in [0.717, 1.165) is 43.7 Å². The van der Waals surface area contributed by atoms with Gasteiger partial charge >= 0.3 is 0 Å². The number of phenols is 1. The van der Waals surface area contributed by atoms with Crippen molar-refractivity contribution in [2.45, 2.75) is 91.3 Å². The maximum Gasteiger partial charge on any atom is 0.251 e. The molecule has 8 heteroatoms. The molecule has 228 valence electrons. The number of nitrogens with one attached hydrogen (secondary N) is 2. The average Bonchev–Trinajstić information content (AvgIpc) is 2.91. The maximum absolute atomic E-state index is 12.6. The molecule has 2 aromatic carbocycles. The molecule has 2 rings (SSSR count). The zero-order valence-corrected chi connectivity index (χ0v) is 26.3. The van der Waals surface area contributed by atoms with Crippen LogP contribution in [-0.2, 0) is 15.9 Å². The molecule has 0 atom stereocenters. The highest BCUT2D eigenvalue weighted by molar-refractivity contribution is 5.94. The van der Waals surface area contributed by atoms with Gasteiger partial charge in [0.15, 0.2) is 0 Å². The molecule has 0 saturated heterocycles. The van der Waals surface area contributed by atoms with E-state index in [9.17, 15) is 9.90 Å². The zero-order valence-electron chi connectivity index (χ0n) is 26.3. The monoisotopic (exact) mass is 568 g/mol. The fraction of sp³-hybridized carbons (Fsp3) is 0.606. The Bertz CT molecular complexity index is 1080. The molecule has 0 saturated carbocycles. The highest BCUT2D eigenvalue weighted by atomic mass is 16.5. The smallest absolute Gasteiger partial charge is 0.251 e. The Morgan fingerprint density at radius 1 is 0.902 bits per heavy atom. The highest BCUT2D eigenvalue weighted by Gasteiger charge is 2.22. The Kier molecular flexibility index (Phi) is 14.4. The summed E-state index contributed by atoms with van der Waals surface area (Å²) in [5.74, 6) is 0.663. The van der Waals surface area contributed by atoms with E-state index in [0.29, 0.717) is 36.7 Å². The molecule has 2 aromatic rings. The number of aromatic hydroxyl groups is 1. The van der Waals surface area contributed by atoms with Crippen LogP contribution in [0.1, 0.15) is 89.6 Å². The lowest BCUT2D eigenvalue weighted by atomic mass is 9.97. The van der Waals surface area contributed by atoms with E-state index < -0.39 is 0 Å². The van der Waals surface area contributed by atoms with Crippen LogP contribution >= 0.6 is 0 Å². The van der Waals surface area contributed by atoms with Gasteiger partial charge in [0.2, 0.25) is 0 Å². The third-order valence-electron chi connectivity index (χ3n) is 6.96. The summed E-state index contributed by atoms with van der Waals surface area (Å²) in [5, 5.41) is 24.5. The fourth-order valence-corrected chi connectivity index (χ4v) is 4.24. The summed E-state index contributed by atoms with van der Waals surface area (Å²) in [7, 11) is 1.90. The van der Waals surface area contributed by atoms with E-state index in [1.807, 2.05) is 19.2 Å². The van der Waals surface area contributed by atoms with E-state index in [-0.39, 0.29) is 22.9 Å². The van der Waals surface area contributed by atoms with E-state index in [1.54, 1.807) is 30.3 Å². The number of hydrogen-bond acceptors (Lipinski definition) is 7. The van der Waals surface area contributed by atoms with Gasteiger partial charge in [-0.2, -0.15) is 5.11 Å². The Hall–Kier alpha value is -2.81. The summed E-state index contributed by atoms with van der Waals surface area (Å²) >= 11 is 0. The first kappa shape index (κ1) is 34.4. The normalized spacial score (nSPS) is 12.4. The van der Waals surface area contributed by atoms with Crippen molar-refractivity contribution in [3.63, 3.8) is 0 Å². The van der Waals surface area contributed by atoms with E-state index in [1.165, 1.54) is 12.8 Å². The summed E-state index contributed by atoms with van der Waals surface area (Å²) in [4.78, 5) is 12.6. The maximum atomic E-state index is 12.6. The largest absolute Gasteiger partial charge is 0.506 e. The summed E-state index contributed by atoms with van der Waals surface area (Å²) in [6, 6.07) is 12.2. The standard InChI is InChI=1S/C33H52N4O4/c1-25(2)10-8-18-32(3,4)41-23-19-33(5,6)40-22-9-20-35-31(39)27-12-14-28(15-13-27)36-37-29-24-26(17-21-34-7)11-16-30(29)38/h11-16,24-25,34,38H,8-10,17-23H2,1-7H3,(H,35,39)/b37-36+. The van der Waals surface area contributed by atoms with Gasteiger partial charge in [0, 0.05) is 18.7 Å². The van der Waals surface area contributed by atoms with Crippen LogP contribution in [0, 0.1) is 5.92 Å². The number of amides is 1. The van der Waals surface area contributed by atoms with Gasteiger partial charge in [-0.25, -0.2) is 0 Å². The van der Waals surface area contributed by atoms with Crippen molar-refractivity contribution < 1.29 is 19.4 Å². The number of carbonyl (C=O) groups excluding carboxylic acids is 1. The minimum Gasteiger partial charge on any atom is -0.506 e. The predicted octanol–water partition coefficient (Wildman–Crippen LogP) is 7.50. The first-order valence-corrected chi connectivity index (χ1v) is 15.0. The average molecular weight is 569 g/mol. The van der Waals surface area contributed by atoms with Gasteiger partial charge in [-0.15, -0.1) is 5.11 Å². The number of rotatable bonds is 19. The van der Waals surface area contributed by atoms with Gasteiger partial charge < -0.3 is 25.2 Å². The fourth-order valence-electron chi connectivity index (χ4n) is 4.24. The summed E-state index contributed by atoms with van der Waals surface area (Å²) in [6.45, 7) is 15.6. The van der Waals surface area contributed by atoms with Gasteiger partial charge in [-0.3, -0.25) is 4.79 Å². The lowest BCUT2D eigenvalue weighted by molar-refractivity contribution is -0.0752. The predicted molar refractivity (Wildman–Crippen MR) is 167 cm³/mol. The summed E-state index contributed by atoms with van der Waals surface area (Å²) < 4.78 is 12.2. The van der Waals surface area contributed by atoms with Gasteiger partial charge in [0.25, 0.3) is 5.91 Å². The van der Waals surface area contributed by atoms with Gasteiger partial charge in [-0.05, 0) is 115 Å².